The fourth-order valence-corrected chi connectivity index (χ4v) is 2.02. The van der Waals surface area contributed by atoms with Crippen LogP contribution in [0.15, 0.2) is 18.2 Å². The third-order valence-electron chi connectivity index (χ3n) is 2.56. The van der Waals surface area contributed by atoms with E-state index in [0.717, 1.165) is 0 Å². The highest BCUT2D eigenvalue weighted by atomic mass is 127. The number of nitrogens with zero attached hydrogens (tertiary/aromatic N) is 1. The summed E-state index contributed by atoms with van der Waals surface area (Å²) in [7, 11) is 0. The molecule has 7 heteroatoms. The Hall–Kier alpha value is -1.38. The number of carbonyl (C=O) groups is 2. The summed E-state index contributed by atoms with van der Waals surface area (Å²) in [5.74, 6) is -0.829. The number of esters is 1. The van der Waals surface area contributed by atoms with E-state index in [4.69, 9.17) is 9.47 Å². The number of rotatable bonds is 3. The van der Waals surface area contributed by atoms with Gasteiger partial charge in [0.25, 0.3) is 0 Å². The number of ether oxygens (including phenoxy) is 2. The quantitative estimate of drug-likeness (QED) is 0.598. The van der Waals surface area contributed by atoms with Gasteiger partial charge in [-0.05, 0) is 40.8 Å². The van der Waals surface area contributed by atoms with Crippen LogP contribution < -0.4 is 4.90 Å². The van der Waals surface area contributed by atoms with Crippen molar-refractivity contribution in [3.05, 3.63) is 27.6 Å². The van der Waals surface area contributed by atoms with E-state index < -0.39 is 24.0 Å². The molecule has 1 heterocycles. The molecule has 1 amide bonds. The summed E-state index contributed by atoms with van der Waals surface area (Å²) in [5, 5.41) is 0. The van der Waals surface area contributed by atoms with Crippen molar-refractivity contribution in [2.75, 3.05) is 18.1 Å². The average Bonchev–Trinajstić information content (AvgIpc) is 2.72. The van der Waals surface area contributed by atoms with E-state index in [1.165, 1.54) is 17.9 Å². The van der Waals surface area contributed by atoms with Crippen molar-refractivity contribution in [3.63, 3.8) is 0 Å². The molecule has 1 fully saturated rings. The van der Waals surface area contributed by atoms with Crippen LogP contribution in [0.25, 0.3) is 0 Å². The molecule has 0 saturated carbocycles. The molecular weight excluding hydrogens is 368 g/mol. The van der Waals surface area contributed by atoms with Gasteiger partial charge in [-0.3, -0.25) is 9.69 Å². The van der Waals surface area contributed by atoms with Crippen molar-refractivity contribution < 1.29 is 23.5 Å². The zero-order valence-corrected chi connectivity index (χ0v) is 12.2. The van der Waals surface area contributed by atoms with Crippen molar-refractivity contribution in [2.45, 2.75) is 13.0 Å². The third kappa shape index (κ3) is 3.34. The van der Waals surface area contributed by atoms with Gasteiger partial charge in [-0.1, -0.05) is 0 Å². The van der Waals surface area contributed by atoms with Gasteiger partial charge in [0.1, 0.15) is 12.4 Å². The number of cyclic esters (lactones) is 1. The standard InChI is InChI=1S/C12H11FINO4/c1-7(16)18-6-9-5-15(12(17)19-9)8-2-3-11(14)10(13)4-8/h2-4,9H,5-6H2,1H3/t9-/m0/s1. The molecular formula is C12H11FINO4. The lowest BCUT2D eigenvalue weighted by atomic mass is 10.2. The highest BCUT2D eigenvalue weighted by Gasteiger charge is 2.33. The number of carbonyl (C=O) groups excluding carboxylic acids is 2. The molecule has 1 aliphatic heterocycles. The normalized spacial score (nSPS) is 18.4. The van der Waals surface area contributed by atoms with Crippen molar-refractivity contribution in [1.29, 1.82) is 0 Å². The number of anilines is 1. The van der Waals surface area contributed by atoms with Crippen LogP contribution in [0.4, 0.5) is 14.9 Å². The number of halogens is 2. The van der Waals surface area contributed by atoms with Gasteiger partial charge in [0, 0.05) is 10.5 Å². The molecule has 2 rings (SSSR count). The van der Waals surface area contributed by atoms with Gasteiger partial charge in [-0.2, -0.15) is 0 Å². The monoisotopic (exact) mass is 379 g/mol. The average molecular weight is 379 g/mol. The Balaban J connectivity index is 2.07. The summed E-state index contributed by atoms with van der Waals surface area (Å²) in [6, 6.07) is 4.50. The number of amides is 1. The van der Waals surface area contributed by atoms with Crippen molar-refractivity contribution in [1.82, 2.24) is 0 Å². The van der Waals surface area contributed by atoms with Crippen molar-refractivity contribution >= 4 is 40.3 Å². The van der Waals surface area contributed by atoms with E-state index in [9.17, 15) is 14.0 Å². The van der Waals surface area contributed by atoms with Crippen LogP contribution in [-0.2, 0) is 14.3 Å². The summed E-state index contributed by atoms with van der Waals surface area (Å²) >= 11 is 1.87. The number of hydrogen-bond acceptors (Lipinski definition) is 4. The second-order valence-corrected chi connectivity index (χ2v) is 5.18. The van der Waals surface area contributed by atoms with Crippen LogP contribution in [0, 0.1) is 9.39 Å². The molecule has 0 aliphatic carbocycles. The maximum absolute atomic E-state index is 13.5. The topological polar surface area (TPSA) is 55.8 Å². The van der Waals surface area contributed by atoms with Gasteiger partial charge < -0.3 is 9.47 Å². The molecule has 0 aromatic heterocycles. The lowest BCUT2D eigenvalue weighted by Gasteiger charge is -2.13. The van der Waals surface area contributed by atoms with E-state index in [-0.39, 0.29) is 13.2 Å². The van der Waals surface area contributed by atoms with Crippen molar-refractivity contribution in [3.8, 4) is 0 Å². The zero-order valence-electron chi connectivity index (χ0n) is 10.1. The van der Waals surface area contributed by atoms with Gasteiger partial charge in [-0.15, -0.1) is 0 Å². The lowest BCUT2D eigenvalue weighted by molar-refractivity contribution is -0.143. The maximum atomic E-state index is 13.5. The highest BCUT2D eigenvalue weighted by molar-refractivity contribution is 14.1. The summed E-state index contributed by atoms with van der Waals surface area (Å²) in [4.78, 5) is 23.7. The Bertz CT molecular complexity index is 522. The minimum absolute atomic E-state index is 0.00439. The first kappa shape index (κ1) is 14.0. The molecule has 0 N–H and O–H groups in total. The summed E-state index contributed by atoms with van der Waals surface area (Å²) in [6.45, 7) is 1.51. The van der Waals surface area contributed by atoms with Crippen LogP contribution in [-0.4, -0.2) is 31.3 Å². The SMILES string of the molecule is CC(=O)OC[C@@H]1CN(c2ccc(I)c(F)c2)C(=O)O1. The molecule has 0 unspecified atom stereocenters. The van der Waals surface area contributed by atoms with E-state index in [1.54, 1.807) is 12.1 Å². The fourth-order valence-electron chi connectivity index (χ4n) is 1.68. The van der Waals surface area contributed by atoms with E-state index in [2.05, 4.69) is 0 Å². The summed E-state index contributed by atoms with van der Waals surface area (Å²) < 4.78 is 23.7. The summed E-state index contributed by atoms with van der Waals surface area (Å²) in [6.07, 6.45) is -1.10. The molecule has 0 spiro atoms. The van der Waals surface area contributed by atoms with Gasteiger partial charge in [-0.25, -0.2) is 9.18 Å². The Kier molecular flexibility index (Phi) is 4.23. The van der Waals surface area contributed by atoms with Crippen molar-refractivity contribution in [2.24, 2.45) is 0 Å². The van der Waals surface area contributed by atoms with E-state index >= 15 is 0 Å². The smallest absolute Gasteiger partial charge is 0.414 e. The number of hydrogen-bond donors (Lipinski definition) is 0. The minimum atomic E-state index is -0.572. The number of benzene rings is 1. The van der Waals surface area contributed by atoms with Gasteiger partial charge in [0.2, 0.25) is 0 Å². The molecule has 5 nitrogen and oxygen atoms in total. The Labute approximate surface area is 122 Å². The molecule has 19 heavy (non-hydrogen) atoms. The molecule has 1 aromatic carbocycles. The second kappa shape index (κ2) is 5.72. The first-order valence-corrected chi connectivity index (χ1v) is 6.62. The molecule has 102 valence electrons. The third-order valence-corrected chi connectivity index (χ3v) is 3.44. The van der Waals surface area contributed by atoms with Crippen LogP contribution in [0.1, 0.15) is 6.92 Å². The Morgan fingerprint density at radius 3 is 3.00 bits per heavy atom. The molecule has 1 aromatic rings. The predicted octanol–water partition coefficient (Wildman–Crippen LogP) is 2.32. The first-order chi connectivity index (χ1) is 8.97. The molecule has 1 aliphatic rings. The lowest BCUT2D eigenvalue weighted by Crippen LogP contribution is -2.26. The Morgan fingerprint density at radius 1 is 1.63 bits per heavy atom. The zero-order chi connectivity index (χ0) is 14.0. The molecule has 1 saturated heterocycles. The minimum Gasteiger partial charge on any atom is -0.462 e. The largest absolute Gasteiger partial charge is 0.462 e. The van der Waals surface area contributed by atoms with Crippen LogP contribution in [0.2, 0.25) is 0 Å². The van der Waals surface area contributed by atoms with Gasteiger partial charge in [0.05, 0.1) is 12.2 Å². The van der Waals surface area contributed by atoms with Crippen LogP contribution in [0.3, 0.4) is 0 Å². The molecule has 1 atom stereocenters. The first-order valence-electron chi connectivity index (χ1n) is 5.54. The highest BCUT2D eigenvalue weighted by Crippen LogP contribution is 2.24. The maximum Gasteiger partial charge on any atom is 0.414 e. The molecule has 0 bridgehead atoms. The fraction of sp³-hybridized carbons (Fsp3) is 0.333. The van der Waals surface area contributed by atoms with Crippen LogP contribution >= 0.6 is 22.6 Å². The van der Waals surface area contributed by atoms with Gasteiger partial charge in [0.15, 0.2) is 6.10 Å². The van der Waals surface area contributed by atoms with Gasteiger partial charge >= 0.3 is 12.1 Å². The van der Waals surface area contributed by atoms with Crippen LogP contribution in [0.5, 0.6) is 0 Å². The second-order valence-electron chi connectivity index (χ2n) is 4.02. The predicted molar refractivity (Wildman–Crippen MR) is 73.4 cm³/mol. The van der Waals surface area contributed by atoms with E-state index in [0.29, 0.717) is 9.26 Å². The van der Waals surface area contributed by atoms with E-state index in [1.807, 2.05) is 22.6 Å². The summed E-state index contributed by atoms with van der Waals surface area (Å²) in [5.41, 5.74) is 0.424. The molecule has 0 radical (unpaired) electrons. The Morgan fingerprint density at radius 2 is 2.37 bits per heavy atom.